The molecule has 0 heterocycles. The number of carbonyl (C=O) groups is 2. The number of benzene rings is 1. The van der Waals surface area contributed by atoms with Crippen molar-refractivity contribution in [2.24, 2.45) is 0 Å². The van der Waals surface area contributed by atoms with Crippen molar-refractivity contribution in [3.8, 4) is 5.75 Å². The number of hydrogen-bond donors (Lipinski definition) is 1. The molecule has 0 spiro atoms. The zero-order valence-electron chi connectivity index (χ0n) is 12.4. The number of ether oxygens (including phenoxy) is 1. The van der Waals surface area contributed by atoms with Crippen LogP contribution >= 0.6 is 11.6 Å². The minimum absolute atomic E-state index is 0.304. The maximum absolute atomic E-state index is 12.1. The number of methoxy groups -OCH3 is 1. The van der Waals surface area contributed by atoms with Crippen molar-refractivity contribution in [3.63, 3.8) is 0 Å². The number of rotatable bonds is 5. The predicted octanol–water partition coefficient (Wildman–Crippen LogP) is 2.71. The Morgan fingerprint density at radius 3 is 2.57 bits per heavy atom. The number of halogens is 1. The smallest absolute Gasteiger partial charge is 0.313 e. The van der Waals surface area contributed by atoms with Gasteiger partial charge in [-0.2, -0.15) is 0 Å². The van der Waals surface area contributed by atoms with Gasteiger partial charge in [0.15, 0.2) is 0 Å². The van der Waals surface area contributed by atoms with Gasteiger partial charge in [-0.15, -0.1) is 0 Å². The highest BCUT2D eigenvalue weighted by Gasteiger charge is 2.21. The van der Waals surface area contributed by atoms with Crippen LogP contribution in [0.3, 0.4) is 0 Å². The van der Waals surface area contributed by atoms with Gasteiger partial charge in [0.05, 0.1) is 17.8 Å². The van der Waals surface area contributed by atoms with Gasteiger partial charge in [-0.05, 0) is 26.0 Å². The Labute approximate surface area is 129 Å². The molecule has 0 unspecified atom stereocenters. The van der Waals surface area contributed by atoms with E-state index in [9.17, 15) is 9.59 Å². The molecule has 0 fully saturated rings. The summed E-state index contributed by atoms with van der Waals surface area (Å²) < 4.78 is 5.02. The maximum Gasteiger partial charge on any atom is 0.313 e. The summed E-state index contributed by atoms with van der Waals surface area (Å²) in [6, 6.07) is 4.80. The van der Waals surface area contributed by atoms with Gasteiger partial charge in [-0.3, -0.25) is 9.59 Å². The van der Waals surface area contributed by atoms with E-state index in [0.717, 1.165) is 5.57 Å². The van der Waals surface area contributed by atoms with Gasteiger partial charge in [0.1, 0.15) is 5.75 Å². The van der Waals surface area contributed by atoms with Crippen molar-refractivity contribution in [1.29, 1.82) is 0 Å². The Hall–Kier alpha value is -2.01. The summed E-state index contributed by atoms with van der Waals surface area (Å²) in [5, 5.41) is 2.81. The van der Waals surface area contributed by atoms with Gasteiger partial charge in [0.2, 0.25) is 0 Å². The van der Waals surface area contributed by atoms with Crippen LogP contribution in [0.15, 0.2) is 30.4 Å². The van der Waals surface area contributed by atoms with Crippen molar-refractivity contribution < 1.29 is 14.3 Å². The second kappa shape index (κ2) is 7.69. The molecule has 1 N–H and O–H groups in total. The van der Waals surface area contributed by atoms with Gasteiger partial charge in [0.25, 0.3) is 0 Å². The molecule has 0 aliphatic carbocycles. The molecule has 1 aromatic carbocycles. The lowest BCUT2D eigenvalue weighted by molar-refractivity contribution is -0.142. The third-order valence-corrected chi connectivity index (χ3v) is 3.06. The Balaban J connectivity index is 2.80. The fourth-order valence-electron chi connectivity index (χ4n) is 1.70. The molecule has 114 valence electrons. The topological polar surface area (TPSA) is 58.6 Å². The van der Waals surface area contributed by atoms with Crippen LogP contribution in [0.1, 0.15) is 13.8 Å². The zero-order chi connectivity index (χ0) is 16.0. The molecule has 0 aliphatic rings. The minimum Gasteiger partial charge on any atom is -0.497 e. The first-order valence-corrected chi connectivity index (χ1v) is 6.85. The lowest BCUT2D eigenvalue weighted by atomic mass is 10.2. The molecule has 0 aliphatic heterocycles. The van der Waals surface area contributed by atoms with Crippen LogP contribution in [0.2, 0.25) is 5.02 Å². The second-order valence-electron chi connectivity index (χ2n) is 4.58. The highest BCUT2D eigenvalue weighted by Crippen LogP contribution is 2.26. The van der Waals surface area contributed by atoms with E-state index >= 15 is 0 Å². The molecule has 1 rings (SSSR count). The molecule has 0 atom stereocenters. The van der Waals surface area contributed by atoms with E-state index in [1.165, 1.54) is 12.0 Å². The Kier molecular flexibility index (Phi) is 6.24. The van der Waals surface area contributed by atoms with E-state index < -0.39 is 11.8 Å². The van der Waals surface area contributed by atoms with Crippen LogP contribution in [0.25, 0.3) is 0 Å². The first kappa shape index (κ1) is 17.0. The average Bonchev–Trinajstić information content (AvgIpc) is 2.45. The van der Waals surface area contributed by atoms with E-state index in [4.69, 9.17) is 16.3 Å². The van der Waals surface area contributed by atoms with Crippen LogP contribution < -0.4 is 10.1 Å². The average molecular weight is 311 g/mol. The molecule has 2 amide bonds. The monoisotopic (exact) mass is 310 g/mol. The van der Waals surface area contributed by atoms with E-state index in [2.05, 4.69) is 11.9 Å². The summed E-state index contributed by atoms with van der Waals surface area (Å²) >= 11 is 6.02. The third-order valence-electron chi connectivity index (χ3n) is 2.75. The van der Waals surface area contributed by atoms with Crippen LogP contribution in [0.5, 0.6) is 5.75 Å². The first-order valence-electron chi connectivity index (χ1n) is 6.47. The number of amides is 2. The van der Waals surface area contributed by atoms with Crippen LogP contribution in [0.4, 0.5) is 5.69 Å². The molecule has 1 aromatic rings. The molecule has 0 bridgehead atoms. The lowest BCUT2D eigenvalue weighted by Gasteiger charge is -2.20. The van der Waals surface area contributed by atoms with Crippen molar-refractivity contribution in [2.75, 3.05) is 25.5 Å². The van der Waals surface area contributed by atoms with E-state index in [1.807, 2.05) is 0 Å². The quantitative estimate of drug-likeness (QED) is 0.672. The number of hydrogen-bond acceptors (Lipinski definition) is 3. The van der Waals surface area contributed by atoms with E-state index in [0.29, 0.717) is 29.5 Å². The molecular formula is C15H19ClN2O3. The molecule has 6 heteroatoms. The van der Waals surface area contributed by atoms with Crippen LogP contribution in [-0.2, 0) is 9.59 Å². The normalized spacial score (nSPS) is 9.90. The Bertz CT molecular complexity index is 558. The van der Waals surface area contributed by atoms with Gasteiger partial charge >= 0.3 is 11.8 Å². The lowest BCUT2D eigenvalue weighted by Crippen LogP contribution is -2.40. The van der Waals surface area contributed by atoms with E-state index in [-0.39, 0.29) is 0 Å². The molecule has 0 saturated carbocycles. The number of nitrogens with zero attached hydrogens (tertiary/aromatic N) is 1. The second-order valence-corrected chi connectivity index (χ2v) is 4.98. The summed E-state index contributed by atoms with van der Waals surface area (Å²) in [6.45, 7) is 8.11. The fraction of sp³-hybridized carbons (Fsp3) is 0.333. The molecule has 0 radical (unpaired) electrons. The predicted molar refractivity (Wildman–Crippen MR) is 83.7 cm³/mol. The van der Waals surface area contributed by atoms with Gasteiger partial charge in [0, 0.05) is 19.2 Å². The largest absolute Gasteiger partial charge is 0.497 e. The number of anilines is 1. The standard InChI is InChI=1S/C15H19ClN2O3/c1-5-18(9-10(2)3)15(20)14(19)17-13-7-6-11(21-4)8-12(13)16/h6-8H,2,5,9H2,1,3-4H3,(H,17,19). The number of likely N-dealkylation sites (N-methyl/N-ethyl adjacent to an activating group) is 1. The van der Waals surface area contributed by atoms with Crippen LogP contribution in [-0.4, -0.2) is 36.9 Å². The van der Waals surface area contributed by atoms with Crippen molar-refractivity contribution in [1.82, 2.24) is 4.90 Å². The van der Waals surface area contributed by atoms with Crippen molar-refractivity contribution in [3.05, 3.63) is 35.4 Å². The summed E-state index contributed by atoms with van der Waals surface area (Å²) in [4.78, 5) is 25.4. The maximum atomic E-state index is 12.1. The van der Waals surface area contributed by atoms with E-state index in [1.54, 1.807) is 32.0 Å². The van der Waals surface area contributed by atoms with Crippen molar-refractivity contribution >= 4 is 29.1 Å². The number of nitrogens with one attached hydrogen (secondary N) is 1. The molecule has 21 heavy (non-hydrogen) atoms. The minimum atomic E-state index is -0.731. The summed E-state index contributed by atoms with van der Waals surface area (Å²) in [5.74, 6) is -0.778. The molecule has 0 saturated heterocycles. The van der Waals surface area contributed by atoms with Gasteiger partial charge in [-0.1, -0.05) is 23.8 Å². The molecular weight excluding hydrogens is 292 g/mol. The van der Waals surface area contributed by atoms with Crippen LogP contribution in [0, 0.1) is 0 Å². The van der Waals surface area contributed by atoms with Gasteiger partial charge < -0.3 is 15.0 Å². The first-order chi connectivity index (χ1) is 9.88. The third kappa shape index (κ3) is 4.79. The Morgan fingerprint density at radius 1 is 1.43 bits per heavy atom. The highest BCUT2D eigenvalue weighted by molar-refractivity contribution is 6.41. The summed E-state index contributed by atoms with van der Waals surface area (Å²) in [7, 11) is 1.52. The zero-order valence-corrected chi connectivity index (χ0v) is 13.2. The fourth-order valence-corrected chi connectivity index (χ4v) is 1.91. The molecule has 5 nitrogen and oxygen atoms in total. The van der Waals surface area contributed by atoms with Gasteiger partial charge in [-0.25, -0.2) is 0 Å². The summed E-state index contributed by atoms with van der Waals surface area (Å²) in [6.07, 6.45) is 0. The number of carbonyl (C=O) groups excluding carboxylic acids is 2. The SMILES string of the molecule is C=C(C)CN(CC)C(=O)C(=O)Nc1ccc(OC)cc1Cl. The molecule has 0 aromatic heterocycles. The van der Waals surface area contributed by atoms with Crippen molar-refractivity contribution in [2.45, 2.75) is 13.8 Å². The Morgan fingerprint density at radius 2 is 2.10 bits per heavy atom. The summed E-state index contributed by atoms with van der Waals surface area (Å²) in [5.41, 5.74) is 1.17. The highest BCUT2D eigenvalue weighted by atomic mass is 35.5.